The Kier molecular flexibility index (Phi) is 3.70. The first kappa shape index (κ1) is 13.8. The van der Waals surface area contributed by atoms with E-state index < -0.39 is 4.92 Å². The summed E-state index contributed by atoms with van der Waals surface area (Å²) < 4.78 is 5.51. The standard InChI is InChI=1S/C15H16N2O4/c18-15(6-4-11-2-1-7-21-11)13-9-16-14-5-3-10(17(19)20)8-12(13)14/h3,5,8-9,11,16H,1-2,4,6-7H2. The molecule has 0 saturated carbocycles. The van der Waals surface area contributed by atoms with Gasteiger partial charge in [0.2, 0.25) is 0 Å². The largest absolute Gasteiger partial charge is 0.378 e. The number of Topliss-reactive ketones (excluding diaryl/α,β-unsaturated/α-hetero) is 1. The molecule has 0 spiro atoms. The molecule has 3 rings (SSSR count). The fourth-order valence-corrected chi connectivity index (χ4v) is 2.75. The maximum absolute atomic E-state index is 12.3. The van der Waals surface area contributed by atoms with Crippen molar-refractivity contribution in [1.29, 1.82) is 0 Å². The number of nitro benzene ring substituents is 1. The van der Waals surface area contributed by atoms with E-state index in [0.717, 1.165) is 25.0 Å². The number of aromatic nitrogens is 1. The fraction of sp³-hybridized carbons (Fsp3) is 0.400. The van der Waals surface area contributed by atoms with Crippen molar-refractivity contribution < 1.29 is 14.5 Å². The van der Waals surface area contributed by atoms with Crippen molar-refractivity contribution in [2.45, 2.75) is 31.8 Å². The number of nitrogens with zero attached hydrogens (tertiary/aromatic N) is 1. The van der Waals surface area contributed by atoms with E-state index in [4.69, 9.17) is 4.74 Å². The normalized spacial score (nSPS) is 18.2. The van der Waals surface area contributed by atoms with Crippen molar-refractivity contribution in [3.05, 3.63) is 40.1 Å². The third-order valence-corrected chi connectivity index (χ3v) is 3.89. The molecule has 1 aliphatic heterocycles. The fourth-order valence-electron chi connectivity index (χ4n) is 2.75. The highest BCUT2D eigenvalue weighted by atomic mass is 16.6. The molecule has 2 heterocycles. The summed E-state index contributed by atoms with van der Waals surface area (Å²) in [5.74, 6) is -0.00255. The number of carbonyl (C=O) groups excluding carboxylic acids is 1. The minimum Gasteiger partial charge on any atom is -0.378 e. The number of rotatable bonds is 5. The van der Waals surface area contributed by atoms with E-state index in [1.165, 1.54) is 12.1 Å². The number of nitrogens with one attached hydrogen (secondary N) is 1. The monoisotopic (exact) mass is 288 g/mol. The van der Waals surface area contributed by atoms with Gasteiger partial charge in [-0.25, -0.2) is 0 Å². The molecule has 1 unspecified atom stereocenters. The number of fused-ring (bicyclic) bond motifs is 1. The van der Waals surface area contributed by atoms with Crippen LogP contribution in [0.15, 0.2) is 24.4 Å². The number of carbonyl (C=O) groups is 1. The number of nitro groups is 1. The van der Waals surface area contributed by atoms with Gasteiger partial charge in [-0.3, -0.25) is 14.9 Å². The van der Waals surface area contributed by atoms with Crippen molar-refractivity contribution in [2.24, 2.45) is 0 Å². The molecule has 1 aromatic carbocycles. The third-order valence-electron chi connectivity index (χ3n) is 3.89. The summed E-state index contributed by atoms with van der Waals surface area (Å²) in [6, 6.07) is 4.51. The molecule has 6 heteroatoms. The predicted octanol–water partition coefficient (Wildman–Crippen LogP) is 3.22. The van der Waals surface area contributed by atoms with Gasteiger partial charge in [0.1, 0.15) is 0 Å². The average Bonchev–Trinajstić information content (AvgIpc) is 3.13. The molecule has 1 fully saturated rings. The molecule has 1 saturated heterocycles. The maximum Gasteiger partial charge on any atom is 0.270 e. The molecule has 6 nitrogen and oxygen atoms in total. The maximum atomic E-state index is 12.3. The van der Waals surface area contributed by atoms with Crippen LogP contribution in [0.25, 0.3) is 10.9 Å². The lowest BCUT2D eigenvalue weighted by Gasteiger charge is -2.07. The summed E-state index contributed by atoms with van der Waals surface area (Å²) in [4.78, 5) is 25.7. The number of hydrogen-bond acceptors (Lipinski definition) is 4. The Morgan fingerprint density at radius 1 is 1.48 bits per heavy atom. The number of ether oxygens (including phenoxy) is 1. The van der Waals surface area contributed by atoms with Crippen LogP contribution in [0.4, 0.5) is 5.69 Å². The molecule has 2 aromatic rings. The van der Waals surface area contributed by atoms with Gasteiger partial charge in [0.15, 0.2) is 5.78 Å². The van der Waals surface area contributed by atoms with Crippen molar-refractivity contribution in [1.82, 2.24) is 4.98 Å². The Bertz CT molecular complexity index is 686. The van der Waals surface area contributed by atoms with E-state index in [9.17, 15) is 14.9 Å². The van der Waals surface area contributed by atoms with Gasteiger partial charge in [0.05, 0.1) is 11.0 Å². The van der Waals surface area contributed by atoms with Crippen molar-refractivity contribution >= 4 is 22.4 Å². The second-order valence-electron chi connectivity index (χ2n) is 5.29. The van der Waals surface area contributed by atoms with Gasteiger partial charge in [0, 0.05) is 47.8 Å². The van der Waals surface area contributed by atoms with E-state index >= 15 is 0 Å². The molecule has 1 atom stereocenters. The van der Waals surface area contributed by atoms with Gasteiger partial charge in [-0.15, -0.1) is 0 Å². The van der Waals surface area contributed by atoms with E-state index in [0.29, 0.717) is 23.8 Å². The molecular weight excluding hydrogens is 272 g/mol. The summed E-state index contributed by atoms with van der Waals surface area (Å²) in [7, 11) is 0. The highest BCUT2D eigenvalue weighted by Gasteiger charge is 2.19. The van der Waals surface area contributed by atoms with Crippen LogP contribution in [0.2, 0.25) is 0 Å². The molecule has 1 aliphatic rings. The Labute approximate surface area is 121 Å². The van der Waals surface area contributed by atoms with E-state index in [2.05, 4.69) is 4.98 Å². The van der Waals surface area contributed by atoms with Gasteiger partial charge in [-0.1, -0.05) is 0 Å². The van der Waals surface area contributed by atoms with E-state index in [1.807, 2.05) is 0 Å². The van der Waals surface area contributed by atoms with Gasteiger partial charge in [0.25, 0.3) is 5.69 Å². The summed E-state index contributed by atoms with van der Waals surface area (Å²) in [6.07, 6.45) is 4.98. The second kappa shape index (κ2) is 5.65. The summed E-state index contributed by atoms with van der Waals surface area (Å²) in [5, 5.41) is 11.5. The van der Waals surface area contributed by atoms with Crippen molar-refractivity contribution in [3.63, 3.8) is 0 Å². The molecule has 110 valence electrons. The van der Waals surface area contributed by atoms with Crippen molar-refractivity contribution in [3.8, 4) is 0 Å². The number of non-ortho nitro benzene ring substituents is 1. The van der Waals surface area contributed by atoms with Gasteiger partial charge >= 0.3 is 0 Å². The predicted molar refractivity (Wildman–Crippen MR) is 77.5 cm³/mol. The molecule has 21 heavy (non-hydrogen) atoms. The van der Waals surface area contributed by atoms with E-state index in [-0.39, 0.29) is 17.6 Å². The molecule has 0 radical (unpaired) electrons. The lowest BCUT2D eigenvalue weighted by atomic mass is 10.0. The quantitative estimate of drug-likeness (QED) is 0.520. The van der Waals surface area contributed by atoms with Crippen LogP contribution in [-0.2, 0) is 4.74 Å². The highest BCUT2D eigenvalue weighted by Crippen LogP contribution is 2.26. The summed E-state index contributed by atoms with van der Waals surface area (Å²) in [5.41, 5.74) is 1.25. The first-order chi connectivity index (χ1) is 10.1. The number of hydrogen-bond donors (Lipinski definition) is 1. The number of H-pyrrole nitrogens is 1. The molecular formula is C15H16N2O4. The highest BCUT2D eigenvalue weighted by molar-refractivity contribution is 6.08. The average molecular weight is 288 g/mol. The topological polar surface area (TPSA) is 85.2 Å². The number of ketones is 1. The van der Waals surface area contributed by atoms with Gasteiger partial charge in [-0.05, 0) is 25.3 Å². The lowest BCUT2D eigenvalue weighted by Crippen LogP contribution is -2.08. The minimum atomic E-state index is -0.451. The minimum absolute atomic E-state index is 0.00255. The Balaban J connectivity index is 1.80. The third kappa shape index (κ3) is 2.80. The molecule has 0 aliphatic carbocycles. The zero-order chi connectivity index (χ0) is 14.8. The molecule has 1 N–H and O–H groups in total. The van der Waals surface area contributed by atoms with E-state index in [1.54, 1.807) is 12.3 Å². The Hall–Kier alpha value is -2.21. The van der Waals surface area contributed by atoms with Crippen LogP contribution in [0.3, 0.4) is 0 Å². The Morgan fingerprint density at radius 3 is 3.05 bits per heavy atom. The van der Waals surface area contributed by atoms with Crippen LogP contribution in [-0.4, -0.2) is 28.4 Å². The lowest BCUT2D eigenvalue weighted by molar-refractivity contribution is -0.384. The van der Waals surface area contributed by atoms with Crippen LogP contribution in [0.1, 0.15) is 36.0 Å². The zero-order valence-electron chi connectivity index (χ0n) is 11.5. The molecule has 0 bridgehead atoms. The molecule has 1 aromatic heterocycles. The van der Waals surface area contributed by atoms with Crippen LogP contribution in [0.5, 0.6) is 0 Å². The summed E-state index contributed by atoms with van der Waals surface area (Å²) >= 11 is 0. The smallest absolute Gasteiger partial charge is 0.270 e. The molecule has 0 amide bonds. The second-order valence-corrected chi connectivity index (χ2v) is 5.29. The SMILES string of the molecule is O=C(CCC1CCCO1)c1c[nH]c2ccc([N+](=O)[O-])cc12. The number of benzene rings is 1. The Morgan fingerprint density at radius 2 is 2.33 bits per heavy atom. The first-order valence-corrected chi connectivity index (χ1v) is 7.05. The van der Waals surface area contributed by atoms with Gasteiger partial charge < -0.3 is 9.72 Å². The van der Waals surface area contributed by atoms with Gasteiger partial charge in [-0.2, -0.15) is 0 Å². The number of aromatic amines is 1. The van der Waals surface area contributed by atoms with Crippen LogP contribution < -0.4 is 0 Å². The van der Waals surface area contributed by atoms with Crippen LogP contribution >= 0.6 is 0 Å². The zero-order valence-corrected chi connectivity index (χ0v) is 11.5. The first-order valence-electron chi connectivity index (χ1n) is 7.05. The van der Waals surface area contributed by atoms with Crippen molar-refractivity contribution in [2.75, 3.05) is 6.61 Å². The van der Waals surface area contributed by atoms with Crippen LogP contribution in [0, 0.1) is 10.1 Å². The summed E-state index contributed by atoms with van der Waals surface area (Å²) in [6.45, 7) is 0.776.